The van der Waals surface area contributed by atoms with Gasteiger partial charge in [-0.3, -0.25) is 0 Å². The van der Waals surface area contributed by atoms with Crippen LogP contribution in [-0.4, -0.2) is 22.2 Å². The van der Waals surface area contributed by atoms with Crippen molar-refractivity contribution < 1.29 is 19.8 Å². The van der Waals surface area contributed by atoms with Gasteiger partial charge in [-0.25, -0.2) is 9.59 Å². The molecule has 0 radical (unpaired) electrons. The molecule has 0 aromatic rings. The standard InChI is InChI=1S/C12H12O4/c1-11-3-5(9(13)14)7-8(12(7,11)2)6(4-11)10(15)16/h3-4,7-8H,1-2H3,(H,13,14)(H,15,16). The molecule has 0 amide bonds. The van der Waals surface area contributed by atoms with Crippen LogP contribution in [0.25, 0.3) is 0 Å². The highest BCUT2D eigenvalue weighted by molar-refractivity contribution is 5.96. The van der Waals surface area contributed by atoms with Gasteiger partial charge in [-0.1, -0.05) is 26.0 Å². The molecule has 2 atom stereocenters. The second-order valence-corrected chi connectivity index (χ2v) is 5.33. The lowest BCUT2D eigenvalue weighted by Gasteiger charge is -2.24. The molecule has 0 spiro atoms. The van der Waals surface area contributed by atoms with Crippen molar-refractivity contribution >= 4 is 11.9 Å². The maximum atomic E-state index is 11.1. The van der Waals surface area contributed by atoms with Crippen LogP contribution in [0.15, 0.2) is 23.3 Å². The second-order valence-electron chi connectivity index (χ2n) is 5.33. The Hall–Kier alpha value is -1.58. The van der Waals surface area contributed by atoms with Gasteiger partial charge in [0.1, 0.15) is 0 Å². The van der Waals surface area contributed by atoms with Crippen molar-refractivity contribution in [2.75, 3.05) is 0 Å². The minimum atomic E-state index is -0.914. The molecule has 0 saturated heterocycles. The van der Waals surface area contributed by atoms with Gasteiger partial charge in [0.25, 0.3) is 0 Å². The zero-order valence-electron chi connectivity index (χ0n) is 9.02. The van der Waals surface area contributed by atoms with Crippen LogP contribution in [0.4, 0.5) is 0 Å². The number of aliphatic carboxylic acids is 2. The number of hydrogen-bond donors (Lipinski definition) is 2. The summed E-state index contributed by atoms with van der Waals surface area (Å²) in [5.74, 6) is -2.04. The van der Waals surface area contributed by atoms with E-state index in [1.165, 1.54) is 0 Å². The lowest BCUT2D eigenvalue weighted by molar-refractivity contribution is -0.134. The molecule has 3 aliphatic carbocycles. The van der Waals surface area contributed by atoms with Crippen LogP contribution in [0.3, 0.4) is 0 Å². The molecule has 1 fully saturated rings. The van der Waals surface area contributed by atoms with Crippen molar-refractivity contribution in [3.63, 3.8) is 0 Å². The van der Waals surface area contributed by atoms with E-state index in [1.54, 1.807) is 12.2 Å². The lowest BCUT2D eigenvalue weighted by Crippen LogP contribution is -2.18. The highest BCUT2D eigenvalue weighted by Gasteiger charge is 2.78. The van der Waals surface area contributed by atoms with Gasteiger partial charge in [0.2, 0.25) is 0 Å². The van der Waals surface area contributed by atoms with Gasteiger partial charge in [0.05, 0.1) is 0 Å². The lowest BCUT2D eigenvalue weighted by atomic mass is 9.79. The Morgan fingerprint density at radius 2 is 1.44 bits per heavy atom. The van der Waals surface area contributed by atoms with Gasteiger partial charge >= 0.3 is 11.9 Å². The van der Waals surface area contributed by atoms with E-state index in [0.29, 0.717) is 11.1 Å². The highest BCUT2D eigenvalue weighted by Crippen LogP contribution is 2.81. The first kappa shape index (κ1) is 9.63. The Morgan fingerprint density at radius 3 is 1.69 bits per heavy atom. The molecule has 0 aromatic heterocycles. The maximum absolute atomic E-state index is 11.1. The molecule has 0 aliphatic heterocycles. The van der Waals surface area contributed by atoms with Gasteiger partial charge in [0.15, 0.2) is 0 Å². The number of rotatable bonds is 2. The molecule has 2 N–H and O–H groups in total. The fourth-order valence-electron chi connectivity index (χ4n) is 3.76. The first-order valence-corrected chi connectivity index (χ1v) is 5.25. The van der Waals surface area contributed by atoms with Crippen molar-refractivity contribution in [2.45, 2.75) is 13.8 Å². The molecule has 0 aromatic carbocycles. The van der Waals surface area contributed by atoms with Crippen LogP contribution in [0.1, 0.15) is 13.8 Å². The van der Waals surface area contributed by atoms with E-state index in [9.17, 15) is 9.59 Å². The first-order valence-electron chi connectivity index (χ1n) is 5.25. The second kappa shape index (κ2) is 2.24. The Kier molecular flexibility index (Phi) is 1.35. The normalized spacial score (nSPS) is 47.1. The van der Waals surface area contributed by atoms with E-state index in [2.05, 4.69) is 0 Å². The summed E-state index contributed by atoms with van der Waals surface area (Å²) in [4.78, 5) is 22.2. The summed E-state index contributed by atoms with van der Waals surface area (Å²) in [5, 5.41) is 18.2. The zero-order valence-corrected chi connectivity index (χ0v) is 9.02. The van der Waals surface area contributed by atoms with E-state index in [0.717, 1.165) is 0 Å². The minimum absolute atomic E-state index is 0.105. The molecule has 3 rings (SSSR count). The average molecular weight is 220 g/mol. The van der Waals surface area contributed by atoms with Crippen molar-refractivity contribution in [2.24, 2.45) is 22.7 Å². The van der Waals surface area contributed by atoms with Crippen LogP contribution in [-0.2, 0) is 9.59 Å². The third-order valence-electron chi connectivity index (χ3n) is 4.75. The molecule has 1 saturated carbocycles. The van der Waals surface area contributed by atoms with Crippen LogP contribution in [0, 0.1) is 22.7 Å². The summed E-state index contributed by atoms with van der Waals surface area (Å²) < 4.78 is 0. The zero-order chi connectivity index (χ0) is 11.9. The van der Waals surface area contributed by atoms with E-state index in [1.807, 2.05) is 13.8 Å². The molecule has 4 nitrogen and oxygen atoms in total. The van der Waals surface area contributed by atoms with E-state index < -0.39 is 17.4 Å². The predicted octanol–water partition coefficient (Wildman–Crippen LogP) is 1.29. The molecule has 3 aliphatic rings. The molecular formula is C12H12O4. The van der Waals surface area contributed by atoms with E-state index in [-0.39, 0.29) is 17.3 Å². The fourth-order valence-corrected chi connectivity index (χ4v) is 3.76. The van der Waals surface area contributed by atoms with Crippen molar-refractivity contribution in [1.82, 2.24) is 0 Å². The summed E-state index contributed by atoms with van der Waals surface area (Å²) >= 11 is 0. The molecule has 84 valence electrons. The number of fused-ring (bicyclic) bond motifs is 1. The third kappa shape index (κ3) is 0.720. The smallest absolute Gasteiger partial charge is 0.331 e. The molecule has 2 unspecified atom stereocenters. The number of carbonyl (C=O) groups is 2. The quantitative estimate of drug-likeness (QED) is 0.735. The van der Waals surface area contributed by atoms with Crippen molar-refractivity contribution in [3.05, 3.63) is 23.3 Å². The monoisotopic (exact) mass is 220 g/mol. The van der Waals surface area contributed by atoms with Gasteiger partial charge in [0, 0.05) is 28.4 Å². The molecule has 0 heterocycles. The van der Waals surface area contributed by atoms with Gasteiger partial charge in [-0.05, 0) is 5.41 Å². The fraction of sp³-hybridized carbons (Fsp3) is 0.500. The van der Waals surface area contributed by atoms with Crippen LogP contribution >= 0.6 is 0 Å². The number of allylic oxidation sites excluding steroid dienone is 2. The molecule has 0 bridgehead atoms. The number of hydrogen-bond acceptors (Lipinski definition) is 2. The summed E-state index contributed by atoms with van der Waals surface area (Å²) in [6.07, 6.45) is 3.46. The summed E-state index contributed by atoms with van der Waals surface area (Å²) in [6.45, 7) is 3.91. The van der Waals surface area contributed by atoms with Crippen LogP contribution < -0.4 is 0 Å². The Morgan fingerprint density at radius 1 is 1.06 bits per heavy atom. The Labute approximate surface area is 92.3 Å². The van der Waals surface area contributed by atoms with E-state index in [4.69, 9.17) is 10.2 Å². The van der Waals surface area contributed by atoms with Crippen LogP contribution in [0.2, 0.25) is 0 Å². The summed E-state index contributed by atoms with van der Waals surface area (Å²) in [5.41, 5.74) is 0.170. The Balaban J connectivity index is 2.12. The summed E-state index contributed by atoms with van der Waals surface area (Å²) in [7, 11) is 0. The SMILES string of the molecule is CC12C=C(C(=O)O)C3C(C(C(=O)O)=C1)C32C. The largest absolute Gasteiger partial charge is 0.478 e. The number of carboxylic acid groups (broad SMARTS) is 2. The minimum Gasteiger partial charge on any atom is -0.478 e. The predicted molar refractivity (Wildman–Crippen MR) is 54.6 cm³/mol. The van der Waals surface area contributed by atoms with Crippen molar-refractivity contribution in [3.8, 4) is 0 Å². The van der Waals surface area contributed by atoms with Gasteiger partial charge < -0.3 is 10.2 Å². The maximum Gasteiger partial charge on any atom is 0.331 e. The molecule has 16 heavy (non-hydrogen) atoms. The molecule has 4 heteroatoms. The van der Waals surface area contributed by atoms with Gasteiger partial charge in [-0.15, -0.1) is 0 Å². The highest BCUT2D eigenvalue weighted by atomic mass is 16.4. The third-order valence-corrected chi connectivity index (χ3v) is 4.75. The topological polar surface area (TPSA) is 74.6 Å². The van der Waals surface area contributed by atoms with Crippen molar-refractivity contribution in [1.29, 1.82) is 0 Å². The number of carboxylic acids is 2. The Bertz CT molecular complexity index is 459. The average Bonchev–Trinajstić information content (AvgIpc) is 2.67. The van der Waals surface area contributed by atoms with E-state index >= 15 is 0 Å². The first-order chi connectivity index (χ1) is 7.33. The van der Waals surface area contributed by atoms with Crippen LogP contribution in [0.5, 0.6) is 0 Å². The van der Waals surface area contributed by atoms with Gasteiger partial charge in [-0.2, -0.15) is 0 Å². The molecular weight excluding hydrogens is 208 g/mol. The summed E-state index contributed by atoms with van der Waals surface area (Å²) in [6, 6.07) is 0.